The van der Waals surface area contributed by atoms with Gasteiger partial charge in [0.2, 0.25) is 0 Å². The lowest BCUT2D eigenvalue weighted by Gasteiger charge is -2.35. The maximum atomic E-state index is 11.4. The van der Waals surface area contributed by atoms with Gasteiger partial charge in [-0.25, -0.2) is 4.79 Å². The standard InChI is InChI=1S/C12H21NO5/c1-12(2,3)18-11(16)13-8-6-9(7-8)17-5-4-10(14)15/h8-9H,4-7H2,1-3H3,(H,13,16)(H,14,15). The molecule has 0 bridgehead atoms. The number of alkyl carbamates (subject to hydrolysis) is 1. The third-order valence-corrected chi connectivity index (χ3v) is 2.49. The van der Waals surface area contributed by atoms with Crippen LogP contribution in [0.4, 0.5) is 4.79 Å². The van der Waals surface area contributed by atoms with Crippen molar-refractivity contribution in [3.05, 3.63) is 0 Å². The van der Waals surface area contributed by atoms with Gasteiger partial charge in [-0.3, -0.25) is 4.79 Å². The van der Waals surface area contributed by atoms with Crippen molar-refractivity contribution in [2.45, 2.75) is 57.8 Å². The number of amides is 1. The molecule has 1 saturated carbocycles. The summed E-state index contributed by atoms with van der Waals surface area (Å²) >= 11 is 0. The molecule has 6 heteroatoms. The minimum atomic E-state index is -0.863. The first-order valence-corrected chi connectivity index (χ1v) is 6.09. The monoisotopic (exact) mass is 259 g/mol. The summed E-state index contributed by atoms with van der Waals surface area (Å²) in [5.74, 6) is -0.863. The maximum Gasteiger partial charge on any atom is 0.407 e. The molecule has 0 aromatic rings. The molecule has 0 radical (unpaired) electrons. The molecule has 0 aliphatic heterocycles. The van der Waals surface area contributed by atoms with E-state index in [-0.39, 0.29) is 25.2 Å². The number of hydrogen-bond acceptors (Lipinski definition) is 4. The number of carboxylic acids is 1. The molecule has 0 heterocycles. The van der Waals surface area contributed by atoms with Crippen molar-refractivity contribution in [2.24, 2.45) is 0 Å². The number of rotatable bonds is 5. The molecule has 1 aliphatic carbocycles. The van der Waals surface area contributed by atoms with Gasteiger partial charge in [0.1, 0.15) is 5.60 Å². The predicted molar refractivity (Wildman–Crippen MR) is 64.4 cm³/mol. The summed E-state index contributed by atoms with van der Waals surface area (Å²) in [4.78, 5) is 21.7. The fourth-order valence-corrected chi connectivity index (χ4v) is 1.61. The fraction of sp³-hybridized carbons (Fsp3) is 0.833. The molecular formula is C12H21NO5. The number of carbonyl (C=O) groups is 2. The third-order valence-electron chi connectivity index (χ3n) is 2.49. The molecule has 1 fully saturated rings. The molecular weight excluding hydrogens is 238 g/mol. The zero-order valence-electron chi connectivity index (χ0n) is 11.1. The molecule has 104 valence electrons. The summed E-state index contributed by atoms with van der Waals surface area (Å²) < 4.78 is 10.5. The Morgan fingerprint density at radius 3 is 2.44 bits per heavy atom. The van der Waals surface area contributed by atoms with Gasteiger partial charge in [0.25, 0.3) is 0 Å². The van der Waals surface area contributed by atoms with Crippen LogP contribution < -0.4 is 5.32 Å². The Morgan fingerprint density at radius 1 is 1.33 bits per heavy atom. The number of hydrogen-bond donors (Lipinski definition) is 2. The Bertz CT molecular complexity index is 304. The number of carboxylic acid groups (broad SMARTS) is 1. The second-order valence-corrected chi connectivity index (χ2v) is 5.45. The van der Waals surface area contributed by atoms with E-state index in [1.807, 2.05) is 20.8 Å². The van der Waals surface area contributed by atoms with Crippen LogP contribution in [0.25, 0.3) is 0 Å². The van der Waals surface area contributed by atoms with Crippen LogP contribution in [0.5, 0.6) is 0 Å². The maximum absolute atomic E-state index is 11.4. The van der Waals surface area contributed by atoms with Crippen molar-refractivity contribution in [3.63, 3.8) is 0 Å². The highest BCUT2D eigenvalue weighted by Gasteiger charge is 2.32. The molecule has 1 aliphatic rings. The van der Waals surface area contributed by atoms with Gasteiger partial charge in [-0.05, 0) is 33.6 Å². The van der Waals surface area contributed by atoms with Gasteiger partial charge in [0, 0.05) is 6.04 Å². The van der Waals surface area contributed by atoms with E-state index in [2.05, 4.69) is 5.32 Å². The molecule has 0 aromatic carbocycles. The van der Waals surface area contributed by atoms with Crippen LogP contribution in [-0.4, -0.2) is 41.5 Å². The highest BCUT2D eigenvalue weighted by Crippen LogP contribution is 2.23. The lowest BCUT2D eigenvalue weighted by Crippen LogP contribution is -2.49. The van der Waals surface area contributed by atoms with Crippen LogP contribution in [0.15, 0.2) is 0 Å². The van der Waals surface area contributed by atoms with E-state index < -0.39 is 17.7 Å². The Balaban J connectivity index is 2.08. The van der Waals surface area contributed by atoms with Crippen LogP contribution in [0.3, 0.4) is 0 Å². The van der Waals surface area contributed by atoms with Gasteiger partial charge < -0.3 is 19.9 Å². The molecule has 0 spiro atoms. The van der Waals surface area contributed by atoms with E-state index in [0.29, 0.717) is 12.8 Å². The van der Waals surface area contributed by atoms with Crippen molar-refractivity contribution in [1.29, 1.82) is 0 Å². The normalized spacial score (nSPS) is 23.1. The van der Waals surface area contributed by atoms with Crippen LogP contribution in [0.1, 0.15) is 40.0 Å². The fourth-order valence-electron chi connectivity index (χ4n) is 1.61. The summed E-state index contributed by atoms with van der Waals surface area (Å²) in [5, 5.41) is 11.2. The second kappa shape index (κ2) is 6.04. The van der Waals surface area contributed by atoms with Crippen LogP contribution >= 0.6 is 0 Å². The van der Waals surface area contributed by atoms with E-state index >= 15 is 0 Å². The quantitative estimate of drug-likeness (QED) is 0.782. The molecule has 18 heavy (non-hydrogen) atoms. The Morgan fingerprint density at radius 2 is 1.94 bits per heavy atom. The number of ether oxygens (including phenoxy) is 2. The van der Waals surface area contributed by atoms with E-state index in [9.17, 15) is 9.59 Å². The van der Waals surface area contributed by atoms with Gasteiger partial charge in [0.15, 0.2) is 0 Å². The SMILES string of the molecule is CC(C)(C)OC(=O)NC1CC(OCCC(=O)O)C1. The van der Waals surface area contributed by atoms with Gasteiger partial charge in [-0.1, -0.05) is 0 Å². The van der Waals surface area contributed by atoms with Crippen molar-refractivity contribution >= 4 is 12.1 Å². The zero-order chi connectivity index (χ0) is 13.8. The topological polar surface area (TPSA) is 84.9 Å². The summed E-state index contributed by atoms with van der Waals surface area (Å²) in [6.07, 6.45) is 1.05. The summed E-state index contributed by atoms with van der Waals surface area (Å²) in [5.41, 5.74) is -0.495. The van der Waals surface area contributed by atoms with Gasteiger partial charge >= 0.3 is 12.1 Å². The first-order valence-electron chi connectivity index (χ1n) is 6.09. The van der Waals surface area contributed by atoms with E-state index in [1.54, 1.807) is 0 Å². The largest absolute Gasteiger partial charge is 0.481 e. The van der Waals surface area contributed by atoms with Gasteiger partial charge in [-0.2, -0.15) is 0 Å². The number of nitrogens with one attached hydrogen (secondary N) is 1. The molecule has 0 atom stereocenters. The number of carbonyl (C=O) groups excluding carboxylic acids is 1. The average Bonchev–Trinajstić information content (AvgIpc) is 2.09. The minimum absolute atomic E-state index is 0.0145. The van der Waals surface area contributed by atoms with E-state index in [1.165, 1.54) is 0 Å². The van der Waals surface area contributed by atoms with Crippen LogP contribution in [-0.2, 0) is 14.3 Å². The van der Waals surface area contributed by atoms with Crippen LogP contribution in [0.2, 0.25) is 0 Å². The second-order valence-electron chi connectivity index (χ2n) is 5.45. The molecule has 1 amide bonds. The molecule has 0 saturated heterocycles. The van der Waals surface area contributed by atoms with Gasteiger partial charge in [0.05, 0.1) is 19.1 Å². The molecule has 1 rings (SSSR count). The smallest absolute Gasteiger partial charge is 0.407 e. The molecule has 2 N–H and O–H groups in total. The first-order chi connectivity index (χ1) is 8.26. The van der Waals surface area contributed by atoms with E-state index in [0.717, 1.165) is 0 Å². The zero-order valence-corrected chi connectivity index (χ0v) is 11.1. The first kappa shape index (κ1) is 14.8. The summed E-state index contributed by atoms with van der Waals surface area (Å²) in [7, 11) is 0. The highest BCUT2D eigenvalue weighted by molar-refractivity contribution is 5.68. The van der Waals surface area contributed by atoms with Crippen molar-refractivity contribution in [3.8, 4) is 0 Å². The lowest BCUT2D eigenvalue weighted by molar-refractivity contribution is -0.139. The minimum Gasteiger partial charge on any atom is -0.481 e. The van der Waals surface area contributed by atoms with Crippen molar-refractivity contribution in [1.82, 2.24) is 5.32 Å². The Labute approximate surface area is 107 Å². The van der Waals surface area contributed by atoms with Gasteiger partial charge in [-0.15, -0.1) is 0 Å². The molecule has 0 unspecified atom stereocenters. The van der Waals surface area contributed by atoms with Crippen molar-refractivity contribution in [2.75, 3.05) is 6.61 Å². The summed E-state index contributed by atoms with van der Waals surface area (Å²) in [6.45, 7) is 5.65. The third kappa shape index (κ3) is 5.86. The predicted octanol–water partition coefficient (Wildman–Crippen LogP) is 1.53. The van der Waals surface area contributed by atoms with Crippen molar-refractivity contribution < 1.29 is 24.2 Å². The lowest BCUT2D eigenvalue weighted by atomic mass is 9.89. The number of aliphatic carboxylic acids is 1. The Hall–Kier alpha value is -1.30. The summed E-state index contributed by atoms with van der Waals surface area (Å²) in [6, 6.07) is 0.0645. The Kier molecular flexibility index (Phi) is 4.95. The van der Waals surface area contributed by atoms with E-state index in [4.69, 9.17) is 14.6 Å². The molecule has 0 aromatic heterocycles. The highest BCUT2D eigenvalue weighted by atomic mass is 16.6. The average molecular weight is 259 g/mol. The van der Waals surface area contributed by atoms with Crippen LogP contribution in [0, 0.1) is 0 Å². The molecule has 6 nitrogen and oxygen atoms in total.